The fraction of sp³-hybridized carbons (Fsp3) is 0.923. The molecule has 0 aromatic carbocycles. The van der Waals surface area contributed by atoms with E-state index in [4.69, 9.17) is 4.74 Å². The molecule has 0 spiro atoms. The molecule has 1 N–H and O–H groups in total. The molecule has 1 saturated carbocycles. The number of rotatable bonds is 5. The Hall–Kier alpha value is -0.570. The van der Waals surface area contributed by atoms with E-state index >= 15 is 0 Å². The minimum atomic E-state index is -0.137. The van der Waals surface area contributed by atoms with Crippen LogP contribution in [0.2, 0.25) is 0 Å². The van der Waals surface area contributed by atoms with Crippen molar-refractivity contribution in [3.05, 3.63) is 0 Å². The fourth-order valence-corrected chi connectivity index (χ4v) is 2.49. The van der Waals surface area contributed by atoms with Crippen molar-refractivity contribution in [2.24, 2.45) is 5.41 Å². The first-order valence-corrected chi connectivity index (χ1v) is 6.42. The molecule has 0 bridgehead atoms. The summed E-state index contributed by atoms with van der Waals surface area (Å²) in [6.45, 7) is 5.27. The quantitative estimate of drug-likeness (QED) is 0.733. The zero-order valence-corrected chi connectivity index (χ0v) is 10.8. The van der Waals surface area contributed by atoms with Gasteiger partial charge in [0, 0.05) is 6.54 Å². The van der Waals surface area contributed by atoms with Gasteiger partial charge in [0.15, 0.2) is 0 Å². The van der Waals surface area contributed by atoms with Crippen LogP contribution >= 0.6 is 0 Å². The Morgan fingerprint density at radius 2 is 2.00 bits per heavy atom. The van der Waals surface area contributed by atoms with E-state index in [-0.39, 0.29) is 12.0 Å². The fourth-order valence-electron chi connectivity index (χ4n) is 2.49. The Morgan fingerprint density at radius 1 is 1.38 bits per heavy atom. The van der Waals surface area contributed by atoms with Crippen LogP contribution in [0.15, 0.2) is 0 Å². The summed E-state index contributed by atoms with van der Waals surface area (Å²) in [6.07, 6.45) is 7.36. The van der Waals surface area contributed by atoms with Crippen LogP contribution in [0.25, 0.3) is 0 Å². The molecule has 0 aliphatic heterocycles. The van der Waals surface area contributed by atoms with Crippen molar-refractivity contribution in [3.8, 4) is 0 Å². The highest BCUT2D eigenvalue weighted by molar-refractivity contribution is 5.75. The highest BCUT2D eigenvalue weighted by Gasteiger charge is 2.28. The summed E-state index contributed by atoms with van der Waals surface area (Å²) < 4.78 is 4.77. The lowest BCUT2D eigenvalue weighted by molar-refractivity contribution is -0.143. The Morgan fingerprint density at radius 3 is 2.50 bits per heavy atom. The van der Waals surface area contributed by atoms with Crippen molar-refractivity contribution in [2.45, 2.75) is 58.4 Å². The van der Waals surface area contributed by atoms with Crippen molar-refractivity contribution < 1.29 is 9.53 Å². The second kappa shape index (κ2) is 6.24. The van der Waals surface area contributed by atoms with Gasteiger partial charge in [-0.3, -0.25) is 4.79 Å². The maximum absolute atomic E-state index is 11.4. The molecule has 1 fully saturated rings. The lowest BCUT2D eigenvalue weighted by Gasteiger charge is -2.34. The first-order valence-electron chi connectivity index (χ1n) is 6.42. The van der Waals surface area contributed by atoms with Gasteiger partial charge in [-0.25, -0.2) is 0 Å². The predicted octanol–water partition coefficient (Wildman–Crippen LogP) is 2.50. The first-order chi connectivity index (χ1) is 7.61. The monoisotopic (exact) mass is 227 g/mol. The summed E-state index contributed by atoms with van der Waals surface area (Å²) in [4.78, 5) is 11.4. The maximum Gasteiger partial charge on any atom is 0.322 e. The van der Waals surface area contributed by atoms with Crippen molar-refractivity contribution in [1.29, 1.82) is 0 Å². The average Bonchev–Trinajstić information content (AvgIpc) is 2.30. The zero-order chi connectivity index (χ0) is 12.0. The van der Waals surface area contributed by atoms with E-state index in [2.05, 4.69) is 12.2 Å². The van der Waals surface area contributed by atoms with Crippen LogP contribution in [0.3, 0.4) is 0 Å². The SMILES string of the molecule is CCC(NCC1(C)CCCCC1)C(=O)OC. The molecule has 1 aliphatic carbocycles. The molecule has 1 unspecified atom stereocenters. The van der Waals surface area contributed by atoms with E-state index in [1.807, 2.05) is 6.92 Å². The molecule has 0 radical (unpaired) electrons. The smallest absolute Gasteiger partial charge is 0.322 e. The summed E-state index contributed by atoms with van der Waals surface area (Å²) in [5.74, 6) is -0.137. The lowest BCUT2D eigenvalue weighted by atomic mass is 9.75. The second-order valence-electron chi connectivity index (χ2n) is 5.24. The van der Waals surface area contributed by atoms with Crippen molar-refractivity contribution in [1.82, 2.24) is 5.32 Å². The zero-order valence-electron chi connectivity index (χ0n) is 10.8. The van der Waals surface area contributed by atoms with Crippen LogP contribution in [0.1, 0.15) is 52.4 Å². The molecule has 1 aliphatic rings. The molecule has 0 aromatic heterocycles. The minimum absolute atomic E-state index is 0.135. The van der Waals surface area contributed by atoms with Gasteiger partial charge in [-0.2, -0.15) is 0 Å². The summed E-state index contributed by atoms with van der Waals surface area (Å²) in [5.41, 5.74) is 0.375. The van der Waals surface area contributed by atoms with Crippen molar-refractivity contribution in [3.63, 3.8) is 0 Å². The second-order valence-corrected chi connectivity index (χ2v) is 5.24. The van der Waals surface area contributed by atoms with E-state index in [1.165, 1.54) is 39.2 Å². The van der Waals surface area contributed by atoms with Crippen LogP contribution in [0.4, 0.5) is 0 Å². The Bertz CT molecular complexity index is 222. The normalized spacial score (nSPS) is 21.4. The molecule has 3 nitrogen and oxygen atoms in total. The van der Waals surface area contributed by atoms with Crippen LogP contribution in [0, 0.1) is 5.41 Å². The number of ether oxygens (including phenoxy) is 1. The van der Waals surface area contributed by atoms with E-state index in [0.29, 0.717) is 5.41 Å². The van der Waals surface area contributed by atoms with Gasteiger partial charge in [-0.1, -0.05) is 33.1 Å². The van der Waals surface area contributed by atoms with Gasteiger partial charge in [-0.05, 0) is 24.7 Å². The van der Waals surface area contributed by atoms with E-state index in [0.717, 1.165) is 13.0 Å². The van der Waals surface area contributed by atoms with Crippen LogP contribution in [-0.4, -0.2) is 25.7 Å². The topological polar surface area (TPSA) is 38.3 Å². The van der Waals surface area contributed by atoms with Crippen LogP contribution < -0.4 is 5.32 Å². The molecule has 1 atom stereocenters. The van der Waals surface area contributed by atoms with Crippen LogP contribution in [-0.2, 0) is 9.53 Å². The van der Waals surface area contributed by atoms with Gasteiger partial charge in [0.25, 0.3) is 0 Å². The third-order valence-electron chi connectivity index (χ3n) is 3.73. The number of nitrogens with one attached hydrogen (secondary N) is 1. The summed E-state index contributed by atoms with van der Waals surface area (Å²) >= 11 is 0. The summed E-state index contributed by atoms with van der Waals surface area (Å²) in [5, 5.41) is 3.36. The first kappa shape index (κ1) is 13.5. The van der Waals surface area contributed by atoms with Gasteiger partial charge in [-0.15, -0.1) is 0 Å². The number of hydrogen-bond acceptors (Lipinski definition) is 3. The summed E-state index contributed by atoms with van der Waals surface area (Å²) in [7, 11) is 1.45. The largest absolute Gasteiger partial charge is 0.468 e. The van der Waals surface area contributed by atoms with Gasteiger partial charge in [0.05, 0.1) is 7.11 Å². The molecule has 3 heteroatoms. The Labute approximate surface area is 98.9 Å². The summed E-state index contributed by atoms with van der Waals surface area (Å²) in [6, 6.07) is -0.135. The maximum atomic E-state index is 11.4. The molecule has 0 saturated heterocycles. The van der Waals surface area contributed by atoms with E-state index in [1.54, 1.807) is 0 Å². The molecule has 16 heavy (non-hydrogen) atoms. The third-order valence-corrected chi connectivity index (χ3v) is 3.73. The number of esters is 1. The molecule has 94 valence electrons. The number of methoxy groups -OCH3 is 1. The number of carbonyl (C=O) groups excluding carboxylic acids is 1. The number of hydrogen-bond donors (Lipinski definition) is 1. The number of carbonyl (C=O) groups is 1. The predicted molar refractivity (Wildman–Crippen MR) is 65.3 cm³/mol. The standard InChI is InChI=1S/C13H25NO2/c1-4-11(12(15)16-3)14-10-13(2)8-6-5-7-9-13/h11,14H,4-10H2,1-3H3. The molecular formula is C13H25NO2. The molecule has 0 heterocycles. The van der Waals surface area contributed by atoms with Gasteiger partial charge in [0.2, 0.25) is 0 Å². The highest BCUT2D eigenvalue weighted by Crippen LogP contribution is 2.35. The van der Waals surface area contributed by atoms with Crippen LogP contribution in [0.5, 0.6) is 0 Å². The van der Waals surface area contributed by atoms with Gasteiger partial charge < -0.3 is 10.1 Å². The van der Waals surface area contributed by atoms with Gasteiger partial charge in [0.1, 0.15) is 6.04 Å². The van der Waals surface area contributed by atoms with E-state index in [9.17, 15) is 4.79 Å². The lowest BCUT2D eigenvalue weighted by Crippen LogP contribution is -2.43. The molecular weight excluding hydrogens is 202 g/mol. The van der Waals surface area contributed by atoms with E-state index < -0.39 is 0 Å². The molecule has 0 aromatic rings. The highest BCUT2D eigenvalue weighted by atomic mass is 16.5. The van der Waals surface area contributed by atoms with Crippen molar-refractivity contribution >= 4 is 5.97 Å². The minimum Gasteiger partial charge on any atom is -0.468 e. The third kappa shape index (κ3) is 3.78. The molecule has 0 amide bonds. The van der Waals surface area contributed by atoms with Gasteiger partial charge >= 0.3 is 5.97 Å². The Kier molecular flexibility index (Phi) is 5.26. The average molecular weight is 227 g/mol. The van der Waals surface area contributed by atoms with Crippen molar-refractivity contribution in [2.75, 3.05) is 13.7 Å². The Balaban J connectivity index is 2.38. The molecule has 1 rings (SSSR count).